The van der Waals surface area contributed by atoms with E-state index < -0.39 is 11.7 Å². The Morgan fingerprint density at radius 2 is 2.00 bits per heavy atom. The standard InChI is InChI=1S/C12H16F3N3O/c1-11(3-4-19-7-11)18-10-6-8(12(13,14)15)5-9(16-2)17-10/h5-6H,3-4,7H2,1-2H3,(H2,16,17,18). The lowest BCUT2D eigenvalue weighted by atomic mass is 10.0. The second kappa shape index (κ2) is 4.88. The summed E-state index contributed by atoms with van der Waals surface area (Å²) < 4.78 is 43.6. The summed E-state index contributed by atoms with van der Waals surface area (Å²) in [7, 11) is 1.53. The molecule has 0 radical (unpaired) electrons. The zero-order valence-corrected chi connectivity index (χ0v) is 10.8. The van der Waals surface area contributed by atoms with E-state index in [0.29, 0.717) is 13.2 Å². The van der Waals surface area contributed by atoms with Crippen molar-refractivity contribution in [1.29, 1.82) is 0 Å². The predicted octanol–water partition coefficient (Wildman–Crippen LogP) is 2.73. The monoisotopic (exact) mass is 275 g/mol. The number of nitrogens with one attached hydrogen (secondary N) is 2. The lowest BCUT2D eigenvalue weighted by Crippen LogP contribution is -2.35. The molecule has 2 heterocycles. The minimum Gasteiger partial charge on any atom is -0.379 e. The van der Waals surface area contributed by atoms with Crippen molar-refractivity contribution in [2.45, 2.75) is 25.1 Å². The van der Waals surface area contributed by atoms with Gasteiger partial charge in [-0.25, -0.2) is 4.98 Å². The van der Waals surface area contributed by atoms with Crippen molar-refractivity contribution in [3.05, 3.63) is 17.7 Å². The third-order valence-electron chi connectivity index (χ3n) is 3.06. The maximum atomic E-state index is 12.8. The lowest BCUT2D eigenvalue weighted by molar-refractivity contribution is -0.137. The summed E-state index contributed by atoms with van der Waals surface area (Å²) in [5.41, 5.74) is -1.10. The molecule has 19 heavy (non-hydrogen) atoms. The van der Waals surface area contributed by atoms with E-state index in [1.54, 1.807) is 0 Å². The zero-order chi connectivity index (χ0) is 14.1. The van der Waals surface area contributed by atoms with Gasteiger partial charge in [0.15, 0.2) is 0 Å². The molecule has 1 aromatic rings. The second-order valence-corrected chi connectivity index (χ2v) is 4.86. The van der Waals surface area contributed by atoms with Crippen LogP contribution in [0.15, 0.2) is 12.1 Å². The molecule has 0 bridgehead atoms. The number of hydrogen-bond donors (Lipinski definition) is 2. The van der Waals surface area contributed by atoms with Crippen LogP contribution in [0.2, 0.25) is 0 Å². The molecule has 0 amide bonds. The Hall–Kier alpha value is -1.50. The number of rotatable bonds is 3. The van der Waals surface area contributed by atoms with Crippen LogP contribution in [0.5, 0.6) is 0 Å². The minimum atomic E-state index is -4.39. The highest BCUT2D eigenvalue weighted by Gasteiger charge is 2.34. The average molecular weight is 275 g/mol. The van der Waals surface area contributed by atoms with E-state index in [-0.39, 0.29) is 17.2 Å². The quantitative estimate of drug-likeness (QED) is 0.890. The van der Waals surface area contributed by atoms with Crippen LogP contribution >= 0.6 is 0 Å². The van der Waals surface area contributed by atoms with Crippen LogP contribution in [0.3, 0.4) is 0 Å². The Morgan fingerprint density at radius 3 is 2.53 bits per heavy atom. The van der Waals surface area contributed by atoms with Crippen LogP contribution in [0.25, 0.3) is 0 Å². The second-order valence-electron chi connectivity index (χ2n) is 4.86. The van der Waals surface area contributed by atoms with Crippen molar-refractivity contribution in [1.82, 2.24) is 4.98 Å². The molecule has 1 aliphatic rings. The SMILES string of the molecule is CNc1cc(C(F)(F)F)cc(NC2(C)CCOC2)n1. The summed E-state index contributed by atoms with van der Waals surface area (Å²) in [6.45, 7) is 2.96. The molecular weight excluding hydrogens is 259 g/mol. The molecule has 0 aliphatic carbocycles. The molecule has 106 valence electrons. The van der Waals surface area contributed by atoms with Crippen LogP contribution in [0.1, 0.15) is 18.9 Å². The van der Waals surface area contributed by atoms with Gasteiger partial charge in [0, 0.05) is 13.7 Å². The number of halogens is 3. The molecule has 0 saturated carbocycles. The van der Waals surface area contributed by atoms with E-state index in [0.717, 1.165) is 18.6 Å². The lowest BCUT2D eigenvalue weighted by Gasteiger charge is -2.25. The van der Waals surface area contributed by atoms with Crippen molar-refractivity contribution in [3.63, 3.8) is 0 Å². The number of alkyl halides is 3. The number of ether oxygens (including phenoxy) is 1. The van der Waals surface area contributed by atoms with Gasteiger partial charge in [-0.05, 0) is 25.5 Å². The summed E-state index contributed by atoms with van der Waals surface area (Å²) in [4.78, 5) is 4.10. The molecule has 1 aliphatic heterocycles. The van der Waals surface area contributed by atoms with Crippen molar-refractivity contribution >= 4 is 11.6 Å². The molecule has 1 saturated heterocycles. The van der Waals surface area contributed by atoms with E-state index in [9.17, 15) is 13.2 Å². The molecule has 1 atom stereocenters. The van der Waals surface area contributed by atoms with Gasteiger partial charge in [-0.1, -0.05) is 0 Å². The van der Waals surface area contributed by atoms with Gasteiger partial charge in [0.1, 0.15) is 11.6 Å². The highest BCUT2D eigenvalue weighted by molar-refractivity contribution is 5.50. The van der Waals surface area contributed by atoms with Crippen molar-refractivity contribution < 1.29 is 17.9 Å². The molecular formula is C12H16F3N3O. The van der Waals surface area contributed by atoms with E-state index in [2.05, 4.69) is 15.6 Å². The van der Waals surface area contributed by atoms with E-state index in [4.69, 9.17) is 4.74 Å². The highest BCUT2D eigenvalue weighted by atomic mass is 19.4. The Labute approximate surface area is 109 Å². The summed E-state index contributed by atoms with van der Waals surface area (Å²) in [5, 5.41) is 5.66. The van der Waals surface area contributed by atoms with Crippen LogP contribution in [0, 0.1) is 0 Å². The molecule has 1 aromatic heterocycles. The molecule has 0 spiro atoms. The first-order valence-electron chi connectivity index (χ1n) is 5.95. The Kier molecular flexibility index (Phi) is 3.58. The zero-order valence-electron chi connectivity index (χ0n) is 10.8. The van der Waals surface area contributed by atoms with Gasteiger partial charge in [-0.2, -0.15) is 13.2 Å². The smallest absolute Gasteiger partial charge is 0.379 e. The number of nitrogens with zero attached hydrogens (tertiary/aromatic N) is 1. The van der Waals surface area contributed by atoms with Crippen LogP contribution in [-0.4, -0.2) is 30.8 Å². The summed E-state index contributed by atoms with van der Waals surface area (Å²) >= 11 is 0. The maximum Gasteiger partial charge on any atom is 0.416 e. The van der Waals surface area contributed by atoms with E-state index >= 15 is 0 Å². The fourth-order valence-electron chi connectivity index (χ4n) is 1.96. The van der Waals surface area contributed by atoms with Crippen LogP contribution in [0.4, 0.5) is 24.8 Å². The molecule has 1 unspecified atom stereocenters. The third-order valence-corrected chi connectivity index (χ3v) is 3.06. The molecule has 0 aromatic carbocycles. The van der Waals surface area contributed by atoms with Crippen molar-refractivity contribution in [2.75, 3.05) is 30.9 Å². The maximum absolute atomic E-state index is 12.8. The first-order valence-corrected chi connectivity index (χ1v) is 5.95. The van der Waals surface area contributed by atoms with Gasteiger partial charge in [0.2, 0.25) is 0 Å². The van der Waals surface area contributed by atoms with Gasteiger partial charge in [0.25, 0.3) is 0 Å². The third kappa shape index (κ3) is 3.28. The largest absolute Gasteiger partial charge is 0.416 e. The predicted molar refractivity (Wildman–Crippen MR) is 66.2 cm³/mol. The highest BCUT2D eigenvalue weighted by Crippen LogP contribution is 2.33. The Bertz CT molecular complexity index is 456. The average Bonchev–Trinajstić information content (AvgIpc) is 2.74. The van der Waals surface area contributed by atoms with Crippen LogP contribution < -0.4 is 10.6 Å². The van der Waals surface area contributed by atoms with Gasteiger partial charge in [-0.3, -0.25) is 0 Å². The van der Waals surface area contributed by atoms with E-state index in [1.165, 1.54) is 7.05 Å². The number of pyridine rings is 1. The number of hydrogen-bond acceptors (Lipinski definition) is 4. The van der Waals surface area contributed by atoms with Crippen molar-refractivity contribution in [2.24, 2.45) is 0 Å². The van der Waals surface area contributed by atoms with Gasteiger partial charge in [-0.15, -0.1) is 0 Å². The molecule has 4 nitrogen and oxygen atoms in total. The number of anilines is 2. The van der Waals surface area contributed by atoms with Crippen molar-refractivity contribution in [3.8, 4) is 0 Å². The molecule has 2 rings (SSSR count). The minimum absolute atomic E-state index is 0.180. The molecule has 2 N–H and O–H groups in total. The summed E-state index contributed by atoms with van der Waals surface area (Å²) in [5.74, 6) is 0.381. The fourth-order valence-corrected chi connectivity index (χ4v) is 1.96. The topological polar surface area (TPSA) is 46.2 Å². The molecule has 7 heteroatoms. The van der Waals surface area contributed by atoms with Crippen LogP contribution in [-0.2, 0) is 10.9 Å². The Balaban J connectivity index is 2.29. The summed E-state index contributed by atoms with van der Waals surface area (Å²) in [6.07, 6.45) is -3.65. The normalized spacial score (nSPS) is 23.4. The van der Waals surface area contributed by atoms with Gasteiger partial charge >= 0.3 is 6.18 Å². The first-order chi connectivity index (χ1) is 8.82. The van der Waals surface area contributed by atoms with Gasteiger partial charge < -0.3 is 15.4 Å². The first kappa shape index (κ1) is 13.9. The molecule has 1 fully saturated rings. The Morgan fingerprint density at radius 1 is 1.32 bits per heavy atom. The van der Waals surface area contributed by atoms with E-state index in [1.807, 2.05) is 6.92 Å². The number of aromatic nitrogens is 1. The summed E-state index contributed by atoms with van der Waals surface area (Å²) in [6, 6.07) is 2.00. The fraction of sp³-hybridized carbons (Fsp3) is 0.583. The van der Waals surface area contributed by atoms with Gasteiger partial charge in [0.05, 0.1) is 17.7 Å².